The summed E-state index contributed by atoms with van der Waals surface area (Å²) < 4.78 is 0. The lowest BCUT2D eigenvalue weighted by Crippen LogP contribution is -2.48. The van der Waals surface area contributed by atoms with Crippen molar-refractivity contribution in [3.8, 4) is 11.1 Å². The lowest BCUT2D eigenvalue weighted by Gasteiger charge is -2.43. The second-order valence-electron chi connectivity index (χ2n) is 10.5. The first kappa shape index (κ1) is 20.5. The van der Waals surface area contributed by atoms with Crippen molar-refractivity contribution < 1.29 is 9.63 Å². The summed E-state index contributed by atoms with van der Waals surface area (Å²) in [5.74, 6) is 0.795. The third-order valence-corrected chi connectivity index (χ3v) is 8.89. The Hall–Kier alpha value is -3.73. The molecule has 0 bridgehead atoms. The zero-order valence-corrected chi connectivity index (χ0v) is 19.8. The number of carbonyl (C=O) groups excluding carboxylic acids is 1. The second kappa shape index (κ2) is 7.39. The van der Waals surface area contributed by atoms with Gasteiger partial charge in [-0.1, -0.05) is 97.1 Å². The molecule has 4 heteroatoms. The van der Waals surface area contributed by atoms with Crippen LogP contribution in [0.1, 0.15) is 27.0 Å². The predicted octanol–water partition coefficient (Wildman–Crippen LogP) is 5.35. The van der Waals surface area contributed by atoms with Crippen LogP contribution >= 0.6 is 0 Å². The van der Waals surface area contributed by atoms with Crippen LogP contribution < -0.4 is 0 Å². The van der Waals surface area contributed by atoms with Crippen LogP contribution in [0.5, 0.6) is 0 Å². The first-order valence-corrected chi connectivity index (χ1v) is 12.8. The molecule has 4 aromatic rings. The standard InChI is InChI=1S/C32H26N2O2/c35-31(21-11-3-1-4-12-21)36-34-19-25-29-28(34)20-33(30(25)29)32(22-13-5-2-6-14-22)26-17-9-7-15-23(26)24-16-8-10-18-27(24)32/h1-18,25,28-30H,19-20H2/t25-,28-,29+,30-/m0/s1. The fourth-order valence-electron chi connectivity index (χ4n) is 7.51. The summed E-state index contributed by atoms with van der Waals surface area (Å²) in [5, 5.41) is 1.98. The van der Waals surface area contributed by atoms with E-state index in [2.05, 4.69) is 83.8 Å². The van der Waals surface area contributed by atoms with Crippen molar-refractivity contribution in [1.82, 2.24) is 9.96 Å². The van der Waals surface area contributed by atoms with E-state index in [1.165, 1.54) is 27.8 Å². The Bertz CT molecular complexity index is 1440. The van der Waals surface area contributed by atoms with Crippen LogP contribution in [0.4, 0.5) is 0 Å². The van der Waals surface area contributed by atoms with Crippen molar-refractivity contribution in [2.24, 2.45) is 11.8 Å². The highest BCUT2D eigenvalue weighted by atomic mass is 16.7. The van der Waals surface area contributed by atoms with Crippen molar-refractivity contribution in [2.75, 3.05) is 13.1 Å². The topological polar surface area (TPSA) is 32.8 Å². The Labute approximate surface area is 210 Å². The second-order valence-corrected chi connectivity index (χ2v) is 10.5. The highest BCUT2D eigenvalue weighted by Crippen LogP contribution is 2.65. The lowest BCUT2D eigenvalue weighted by atomic mass is 9.79. The number of nitrogens with zero attached hydrogens (tertiary/aromatic N) is 2. The maximum absolute atomic E-state index is 12.9. The number of benzene rings is 4. The molecule has 176 valence electrons. The first-order valence-electron chi connectivity index (χ1n) is 12.8. The highest BCUT2D eigenvalue weighted by molar-refractivity contribution is 5.89. The molecule has 0 unspecified atom stereocenters. The minimum Gasteiger partial charge on any atom is -0.364 e. The van der Waals surface area contributed by atoms with Gasteiger partial charge in [-0.2, -0.15) is 0 Å². The van der Waals surface area contributed by atoms with Crippen molar-refractivity contribution in [3.63, 3.8) is 0 Å². The van der Waals surface area contributed by atoms with Gasteiger partial charge in [0.05, 0.1) is 17.1 Å². The van der Waals surface area contributed by atoms with E-state index in [9.17, 15) is 4.79 Å². The van der Waals surface area contributed by atoms with Gasteiger partial charge in [-0.25, -0.2) is 4.79 Å². The Morgan fingerprint density at radius 1 is 0.722 bits per heavy atom. The number of hydrogen-bond donors (Lipinski definition) is 0. The van der Waals surface area contributed by atoms with Crippen molar-refractivity contribution in [1.29, 1.82) is 0 Å². The highest BCUT2D eigenvalue weighted by Gasteiger charge is 2.73. The number of rotatable bonds is 4. The summed E-state index contributed by atoms with van der Waals surface area (Å²) in [6, 6.07) is 38.8. The molecule has 4 nitrogen and oxygen atoms in total. The molecule has 2 aliphatic carbocycles. The molecule has 4 aliphatic rings. The van der Waals surface area contributed by atoms with Crippen LogP contribution in [0.3, 0.4) is 0 Å². The van der Waals surface area contributed by atoms with Gasteiger partial charge in [0, 0.05) is 25.0 Å². The van der Waals surface area contributed by atoms with Crippen LogP contribution in [0, 0.1) is 11.8 Å². The van der Waals surface area contributed by atoms with Gasteiger partial charge in [0.15, 0.2) is 0 Å². The molecule has 1 saturated carbocycles. The van der Waals surface area contributed by atoms with E-state index < -0.39 is 0 Å². The Kier molecular flexibility index (Phi) is 4.20. The van der Waals surface area contributed by atoms with Crippen molar-refractivity contribution in [3.05, 3.63) is 131 Å². The third kappa shape index (κ3) is 2.58. The number of hydrogen-bond acceptors (Lipinski definition) is 4. The molecule has 0 amide bonds. The van der Waals surface area contributed by atoms with Gasteiger partial charge in [0.25, 0.3) is 0 Å². The van der Waals surface area contributed by atoms with E-state index in [1.54, 1.807) is 0 Å². The lowest BCUT2D eigenvalue weighted by molar-refractivity contribution is -0.122. The van der Waals surface area contributed by atoms with Gasteiger partial charge in [-0.15, -0.1) is 5.06 Å². The van der Waals surface area contributed by atoms with Crippen LogP contribution in [-0.4, -0.2) is 41.1 Å². The maximum Gasteiger partial charge on any atom is 0.357 e. The zero-order valence-electron chi connectivity index (χ0n) is 19.8. The van der Waals surface area contributed by atoms with Gasteiger partial charge < -0.3 is 4.84 Å². The predicted molar refractivity (Wildman–Crippen MR) is 138 cm³/mol. The maximum atomic E-state index is 12.9. The summed E-state index contributed by atoms with van der Waals surface area (Å²) in [4.78, 5) is 21.6. The smallest absolute Gasteiger partial charge is 0.357 e. The summed E-state index contributed by atoms with van der Waals surface area (Å²) in [5.41, 5.74) is 6.92. The number of likely N-dealkylation sites (tertiary alicyclic amines) is 1. The summed E-state index contributed by atoms with van der Waals surface area (Å²) in [7, 11) is 0. The molecule has 4 aromatic carbocycles. The summed E-state index contributed by atoms with van der Waals surface area (Å²) in [6.45, 7) is 1.68. The van der Waals surface area contributed by atoms with Crippen LogP contribution in [0.25, 0.3) is 11.1 Å². The minimum absolute atomic E-state index is 0.216. The first-order chi connectivity index (χ1) is 17.8. The molecular formula is C32H26N2O2. The van der Waals surface area contributed by atoms with E-state index in [1.807, 2.05) is 35.4 Å². The van der Waals surface area contributed by atoms with E-state index in [0.717, 1.165) is 13.1 Å². The summed E-state index contributed by atoms with van der Waals surface area (Å²) in [6.07, 6.45) is 0. The largest absolute Gasteiger partial charge is 0.364 e. The molecule has 0 spiro atoms. The van der Waals surface area contributed by atoms with Crippen LogP contribution in [0.15, 0.2) is 109 Å². The minimum atomic E-state index is -0.347. The molecule has 2 heterocycles. The normalized spacial score (nSPS) is 26.8. The molecule has 36 heavy (non-hydrogen) atoms. The van der Waals surface area contributed by atoms with Gasteiger partial charge in [-0.3, -0.25) is 4.90 Å². The fourth-order valence-corrected chi connectivity index (χ4v) is 7.51. The average Bonchev–Trinajstić information content (AvgIpc) is 3.22. The van der Waals surface area contributed by atoms with Crippen LogP contribution in [-0.2, 0) is 10.4 Å². The number of carbonyl (C=O) groups is 1. The molecule has 0 radical (unpaired) electrons. The molecule has 2 aliphatic heterocycles. The van der Waals surface area contributed by atoms with E-state index in [-0.39, 0.29) is 17.6 Å². The molecule has 4 atom stereocenters. The van der Waals surface area contributed by atoms with Crippen molar-refractivity contribution >= 4 is 5.97 Å². The van der Waals surface area contributed by atoms with Gasteiger partial charge in [-0.05, 0) is 45.9 Å². The van der Waals surface area contributed by atoms with Gasteiger partial charge in [0.2, 0.25) is 0 Å². The quantitative estimate of drug-likeness (QED) is 0.403. The van der Waals surface area contributed by atoms with Gasteiger partial charge in [0.1, 0.15) is 0 Å². The molecule has 2 saturated heterocycles. The van der Waals surface area contributed by atoms with Gasteiger partial charge >= 0.3 is 5.97 Å². The number of fused-ring (bicyclic) bond motifs is 4. The van der Waals surface area contributed by atoms with E-state index in [0.29, 0.717) is 23.4 Å². The summed E-state index contributed by atoms with van der Waals surface area (Å²) >= 11 is 0. The number of piperidine rings is 2. The van der Waals surface area contributed by atoms with E-state index >= 15 is 0 Å². The molecular weight excluding hydrogens is 444 g/mol. The third-order valence-electron chi connectivity index (χ3n) is 8.89. The Morgan fingerprint density at radius 2 is 1.31 bits per heavy atom. The average molecular weight is 471 g/mol. The molecule has 8 rings (SSSR count). The zero-order chi connectivity index (χ0) is 23.9. The molecule has 0 N–H and O–H groups in total. The molecule has 0 aromatic heterocycles. The molecule has 3 fully saturated rings. The Balaban J connectivity index is 1.22. The van der Waals surface area contributed by atoms with Crippen molar-refractivity contribution in [2.45, 2.75) is 17.6 Å². The fraction of sp³-hybridized carbons (Fsp3) is 0.219. The van der Waals surface area contributed by atoms with Crippen LogP contribution in [0.2, 0.25) is 0 Å². The van der Waals surface area contributed by atoms with E-state index in [4.69, 9.17) is 4.84 Å². The Morgan fingerprint density at radius 3 is 1.94 bits per heavy atom. The number of hydroxylamine groups is 2. The SMILES string of the molecule is O=C(ON1C[C@H]2[C@H]3[C@H]2N(C2(c4ccccc4)c4ccccc4-c4ccccc42)C[C@@H]31)c1ccccc1. The monoisotopic (exact) mass is 470 g/mol.